The van der Waals surface area contributed by atoms with E-state index in [2.05, 4.69) is 24.1 Å². The first-order chi connectivity index (χ1) is 7.20. The third-order valence-corrected chi connectivity index (χ3v) is 3.25. The van der Waals surface area contributed by atoms with Crippen LogP contribution in [0.1, 0.15) is 57.0 Å². The molecule has 0 spiro atoms. The number of hydrogen-bond donors (Lipinski definition) is 1. The minimum absolute atomic E-state index is 0.144. The lowest BCUT2D eigenvalue weighted by atomic mass is 10.2. The number of nitrogens with zero attached hydrogens (tertiary/aromatic N) is 1. The summed E-state index contributed by atoms with van der Waals surface area (Å²) < 4.78 is 5.55. The van der Waals surface area contributed by atoms with E-state index in [0.717, 1.165) is 11.6 Å². The molecule has 2 saturated carbocycles. The summed E-state index contributed by atoms with van der Waals surface area (Å²) in [6.45, 7) is 4.36. The van der Waals surface area contributed by atoms with Crippen molar-refractivity contribution in [3.05, 3.63) is 17.8 Å². The van der Waals surface area contributed by atoms with Gasteiger partial charge in [-0.3, -0.25) is 0 Å². The van der Waals surface area contributed by atoms with E-state index in [9.17, 15) is 0 Å². The fourth-order valence-electron chi connectivity index (χ4n) is 2.18. The number of rotatable bonds is 4. The van der Waals surface area contributed by atoms with E-state index in [1.165, 1.54) is 25.7 Å². The first-order valence-corrected chi connectivity index (χ1v) is 5.93. The Morgan fingerprint density at radius 3 is 2.73 bits per heavy atom. The first kappa shape index (κ1) is 9.40. The van der Waals surface area contributed by atoms with Crippen LogP contribution in [0.5, 0.6) is 0 Å². The molecule has 1 aromatic heterocycles. The van der Waals surface area contributed by atoms with Gasteiger partial charge in [-0.1, -0.05) is 0 Å². The summed E-state index contributed by atoms with van der Waals surface area (Å²) >= 11 is 0. The van der Waals surface area contributed by atoms with Crippen LogP contribution in [0.4, 0.5) is 0 Å². The highest BCUT2D eigenvalue weighted by Gasteiger charge is 2.47. The summed E-state index contributed by atoms with van der Waals surface area (Å²) in [5, 5.41) is 3.60. The van der Waals surface area contributed by atoms with Gasteiger partial charge in [0, 0.05) is 12.0 Å². The highest BCUT2D eigenvalue weighted by molar-refractivity contribution is 5.22. The summed E-state index contributed by atoms with van der Waals surface area (Å²) in [4.78, 5) is 4.63. The molecule has 82 valence electrons. The van der Waals surface area contributed by atoms with Crippen LogP contribution in [0, 0.1) is 0 Å². The molecule has 3 rings (SSSR count). The zero-order chi connectivity index (χ0) is 10.5. The first-order valence-electron chi connectivity index (χ1n) is 5.93. The highest BCUT2D eigenvalue weighted by Crippen LogP contribution is 2.47. The molecule has 3 heteroatoms. The van der Waals surface area contributed by atoms with Crippen LogP contribution in [0.25, 0.3) is 0 Å². The SMILES string of the molecule is CC(C)NC1(c2coc(C3CC3)n2)CC1. The van der Waals surface area contributed by atoms with Gasteiger partial charge < -0.3 is 9.73 Å². The molecule has 3 nitrogen and oxygen atoms in total. The number of hydrogen-bond acceptors (Lipinski definition) is 3. The molecule has 0 bridgehead atoms. The molecular weight excluding hydrogens is 188 g/mol. The second-order valence-corrected chi connectivity index (χ2v) is 5.23. The maximum absolute atomic E-state index is 5.55. The zero-order valence-electron chi connectivity index (χ0n) is 9.42. The Labute approximate surface area is 90.3 Å². The van der Waals surface area contributed by atoms with E-state index in [1.54, 1.807) is 0 Å². The largest absolute Gasteiger partial charge is 0.448 e. The number of nitrogens with one attached hydrogen (secondary N) is 1. The monoisotopic (exact) mass is 206 g/mol. The van der Waals surface area contributed by atoms with Crippen LogP contribution in [0.15, 0.2) is 10.7 Å². The molecule has 1 heterocycles. The molecule has 0 atom stereocenters. The van der Waals surface area contributed by atoms with Crippen molar-refractivity contribution in [2.75, 3.05) is 0 Å². The number of oxazole rings is 1. The van der Waals surface area contributed by atoms with Crippen LogP contribution >= 0.6 is 0 Å². The van der Waals surface area contributed by atoms with Crippen LogP contribution in [-0.4, -0.2) is 11.0 Å². The summed E-state index contributed by atoms with van der Waals surface area (Å²) in [6.07, 6.45) is 6.76. The maximum Gasteiger partial charge on any atom is 0.197 e. The second-order valence-electron chi connectivity index (χ2n) is 5.23. The molecule has 0 radical (unpaired) electrons. The van der Waals surface area contributed by atoms with Gasteiger partial charge in [-0.15, -0.1) is 0 Å². The van der Waals surface area contributed by atoms with Crippen molar-refractivity contribution in [1.29, 1.82) is 0 Å². The molecule has 2 aliphatic rings. The topological polar surface area (TPSA) is 38.1 Å². The van der Waals surface area contributed by atoms with Gasteiger partial charge in [0.15, 0.2) is 5.89 Å². The van der Waals surface area contributed by atoms with E-state index in [1.807, 2.05) is 6.26 Å². The van der Waals surface area contributed by atoms with Crippen molar-refractivity contribution in [3.8, 4) is 0 Å². The fraction of sp³-hybridized carbons (Fsp3) is 0.750. The quantitative estimate of drug-likeness (QED) is 0.822. The molecule has 0 aromatic carbocycles. The maximum atomic E-state index is 5.55. The average Bonchev–Trinajstić information content (AvgIpc) is 3.09. The Morgan fingerprint density at radius 2 is 2.20 bits per heavy atom. The van der Waals surface area contributed by atoms with Crippen LogP contribution in [0.2, 0.25) is 0 Å². The van der Waals surface area contributed by atoms with Crippen molar-refractivity contribution in [2.45, 2.75) is 57.0 Å². The Morgan fingerprint density at radius 1 is 1.47 bits per heavy atom. The standard InChI is InChI=1S/C12H18N2O/c1-8(2)14-12(5-6-12)10-7-15-11(13-10)9-3-4-9/h7-9,14H,3-6H2,1-2H3. The van der Waals surface area contributed by atoms with E-state index in [-0.39, 0.29) is 5.54 Å². The average molecular weight is 206 g/mol. The van der Waals surface area contributed by atoms with Crippen LogP contribution in [0.3, 0.4) is 0 Å². The summed E-state index contributed by atoms with van der Waals surface area (Å²) in [6, 6.07) is 0.508. The van der Waals surface area contributed by atoms with Gasteiger partial charge in [-0.05, 0) is 39.5 Å². The molecule has 0 amide bonds. The van der Waals surface area contributed by atoms with Gasteiger partial charge in [-0.25, -0.2) is 4.98 Å². The van der Waals surface area contributed by atoms with E-state index >= 15 is 0 Å². The van der Waals surface area contributed by atoms with Gasteiger partial charge in [0.05, 0.1) is 11.2 Å². The van der Waals surface area contributed by atoms with Crippen LogP contribution < -0.4 is 5.32 Å². The molecule has 1 aromatic rings. The zero-order valence-corrected chi connectivity index (χ0v) is 9.42. The molecule has 0 saturated heterocycles. The summed E-state index contributed by atoms with van der Waals surface area (Å²) in [7, 11) is 0. The van der Waals surface area contributed by atoms with Gasteiger partial charge in [-0.2, -0.15) is 0 Å². The Bertz CT molecular complexity index is 361. The molecule has 2 fully saturated rings. The minimum atomic E-state index is 0.144. The van der Waals surface area contributed by atoms with E-state index in [0.29, 0.717) is 12.0 Å². The third kappa shape index (κ3) is 1.69. The smallest absolute Gasteiger partial charge is 0.197 e. The third-order valence-electron chi connectivity index (χ3n) is 3.25. The van der Waals surface area contributed by atoms with Gasteiger partial charge in [0.25, 0.3) is 0 Å². The molecule has 15 heavy (non-hydrogen) atoms. The van der Waals surface area contributed by atoms with Gasteiger partial charge >= 0.3 is 0 Å². The lowest BCUT2D eigenvalue weighted by Gasteiger charge is -2.17. The second kappa shape index (κ2) is 3.08. The van der Waals surface area contributed by atoms with E-state index < -0.39 is 0 Å². The molecular formula is C12H18N2O. The Kier molecular flexibility index (Phi) is 1.93. The number of aromatic nitrogens is 1. The predicted molar refractivity (Wildman–Crippen MR) is 57.7 cm³/mol. The molecule has 0 unspecified atom stereocenters. The molecule has 1 N–H and O–H groups in total. The van der Waals surface area contributed by atoms with Crippen LogP contribution in [-0.2, 0) is 5.54 Å². The fourth-order valence-corrected chi connectivity index (χ4v) is 2.18. The minimum Gasteiger partial charge on any atom is -0.448 e. The lowest BCUT2D eigenvalue weighted by Crippen LogP contribution is -2.34. The van der Waals surface area contributed by atoms with Crippen molar-refractivity contribution in [3.63, 3.8) is 0 Å². The van der Waals surface area contributed by atoms with Crippen molar-refractivity contribution < 1.29 is 4.42 Å². The summed E-state index contributed by atoms with van der Waals surface area (Å²) in [5.74, 6) is 1.58. The Hall–Kier alpha value is -0.830. The van der Waals surface area contributed by atoms with Crippen molar-refractivity contribution >= 4 is 0 Å². The predicted octanol–water partition coefficient (Wildman–Crippen LogP) is 2.54. The van der Waals surface area contributed by atoms with Gasteiger partial charge in [0.1, 0.15) is 6.26 Å². The normalized spacial score (nSPS) is 23.4. The van der Waals surface area contributed by atoms with Crippen molar-refractivity contribution in [1.82, 2.24) is 10.3 Å². The summed E-state index contributed by atoms with van der Waals surface area (Å²) in [5.41, 5.74) is 1.27. The molecule has 0 aliphatic heterocycles. The lowest BCUT2D eigenvalue weighted by molar-refractivity contribution is 0.449. The van der Waals surface area contributed by atoms with Gasteiger partial charge in [0.2, 0.25) is 0 Å². The van der Waals surface area contributed by atoms with Crippen molar-refractivity contribution in [2.24, 2.45) is 0 Å². The molecule has 2 aliphatic carbocycles. The van der Waals surface area contributed by atoms with E-state index in [4.69, 9.17) is 4.42 Å². The highest BCUT2D eigenvalue weighted by atomic mass is 16.3. The Balaban J connectivity index is 1.79.